The fourth-order valence-corrected chi connectivity index (χ4v) is 6.44. The second-order valence-electron chi connectivity index (χ2n) is 9.27. The zero-order valence-electron chi connectivity index (χ0n) is 20.6. The van der Waals surface area contributed by atoms with Gasteiger partial charge in [-0.1, -0.05) is 42.5 Å². The van der Waals surface area contributed by atoms with Crippen LogP contribution in [0.2, 0.25) is 0 Å². The lowest BCUT2D eigenvalue weighted by atomic mass is 9.98. The van der Waals surface area contributed by atoms with Gasteiger partial charge in [0.25, 0.3) is 0 Å². The van der Waals surface area contributed by atoms with Gasteiger partial charge in [0.2, 0.25) is 15.9 Å². The van der Waals surface area contributed by atoms with E-state index in [4.69, 9.17) is 4.74 Å². The Balaban J connectivity index is 1.31. The van der Waals surface area contributed by atoms with Gasteiger partial charge in [-0.25, -0.2) is 8.42 Å². The van der Waals surface area contributed by atoms with Crippen LogP contribution in [0.25, 0.3) is 6.08 Å². The Hall–Kier alpha value is -2.68. The first-order valence-electron chi connectivity index (χ1n) is 12.3. The van der Waals surface area contributed by atoms with Crippen LogP contribution in [0, 0.1) is 12.8 Å². The summed E-state index contributed by atoms with van der Waals surface area (Å²) in [5, 5.41) is 0. The van der Waals surface area contributed by atoms with Crippen molar-refractivity contribution in [2.24, 2.45) is 5.92 Å². The molecular formula is C27H35N3O4S. The van der Waals surface area contributed by atoms with Gasteiger partial charge in [0.05, 0.1) is 17.9 Å². The lowest BCUT2D eigenvalue weighted by Crippen LogP contribution is -2.53. The molecule has 2 aromatic rings. The topological polar surface area (TPSA) is 70.2 Å². The van der Waals surface area contributed by atoms with Crippen LogP contribution in [0.15, 0.2) is 59.5 Å². The number of piperidine rings is 1. The Kier molecular flexibility index (Phi) is 8.26. The predicted octanol–water partition coefficient (Wildman–Crippen LogP) is 3.26. The summed E-state index contributed by atoms with van der Waals surface area (Å²) in [7, 11) is -2.09. The zero-order valence-corrected chi connectivity index (χ0v) is 21.4. The normalized spacial score (nSPS) is 20.3. The van der Waals surface area contributed by atoms with Gasteiger partial charge in [0, 0.05) is 45.8 Å². The number of sulfonamides is 1. The highest BCUT2D eigenvalue weighted by Crippen LogP contribution is 2.28. The maximum Gasteiger partial charge on any atom is 0.243 e. The third kappa shape index (κ3) is 6.12. The van der Waals surface area contributed by atoms with Crippen molar-refractivity contribution in [3.63, 3.8) is 0 Å². The van der Waals surface area contributed by atoms with Crippen LogP contribution >= 0.6 is 0 Å². The second kappa shape index (κ2) is 11.4. The molecule has 0 saturated carbocycles. The van der Waals surface area contributed by atoms with Crippen molar-refractivity contribution in [1.29, 1.82) is 0 Å². The number of amides is 1. The Morgan fingerprint density at radius 3 is 2.49 bits per heavy atom. The fraction of sp³-hybridized carbons (Fsp3) is 0.444. The number of aryl methyl sites for hydroxylation is 1. The molecule has 8 heteroatoms. The molecule has 0 bridgehead atoms. The molecule has 188 valence electrons. The number of hydrogen-bond donors (Lipinski definition) is 0. The predicted molar refractivity (Wildman–Crippen MR) is 138 cm³/mol. The highest BCUT2D eigenvalue weighted by molar-refractivity contribution is 7.89. The Morgan fingerprint density at radius 2 is 1.80 bits per heavy atom. The van der Waals surface area contributed by atoms with E-state index in [0.29, 0.717) is 31.8 Å². The minimum Gasteiger partial charge on any atom is -0.496 e. The van der Waals surface area contributed by atoms with Crippen LogP contribution in [-0.2, 0) is 14.8 Å². The van der Waals surface area contributed by atoms with Crippen LogP contribution < -0.4 is 4.74 Å². The van der Waals surface area contributed by atoms with E-state index < -0.39 is 10.0 Å². The molecule has 0 aromatic heterocycles. The summed E-state index contributed by atoms with van der Waals surface area (Å²) in [6, 6.07) is 15.1. The number of benzene rings is 2. The van der Waals surface area contributed by atoms with E-state index in [1.165, 1.54) is 9.87 Å². The number of nitrogens with zero attached hydrogens (tertiary/aromatic N) is 3. The van der Waals surface area contributed by atoms with E-state index >= 15 is 0 Å². The first-order valence-corrected chi connectivity index (χ1v) is 13.7. The van der Waals surface area contributed by atoms with E-state index in [1.54, 1.807) is 25.3 Å². The first-order chi connectivity index (χ1) is 16.9. The van der Waals surface area contributed by atoms with Gasteiger partial charge >= 0.3 is 0 Å². The van der Waals surface area contributed by atoms with Gasteiger partial charge in [-0.15, -0.1) is 0 Å². The summed E-state index contributed by atoms with van der Waals surface area (Å²) in [5.74, 6) is 0.447. The summed E-state index contributed by atoms with van der Waals surface area (Å²) in [5.41, 5.74) is 1.96. The van der Waals surface area contributed by atoms with Crippen molar-refractivity contribution in [3.8, 4) is 5.75 Å². The molecule has 1 atom stereocenters. The maximum atomic E-state index is 13.3. The van der Waals surface area contributed by atoms with Crippen LogP contribution in [0.5, 0.6) is 5.75 Å². The molecule has 2 saturated heterocycles. The van der Waals surface area contributed by atoms with Crippen LogP contribution in [-0.4, -0.2) is 81.4 Å². The molecule has 2 heterocycles. The Morgan fingerprint density at radius 1 is 1.06 bits per heavy atom. The summed E-state index contributed by atoms with van der Waals surface area (Å²) in [6.45, 7) is 6.38. The highest BCUT2D eigenvalue weighted by Gasteiger charge is 2.36. The smallest absolute Gasteiger partial charge is 0.243 e. The van der Waals surface area contributed by atoms with E-state index in [2.05, 4.69) is 29.2 Å². The molecule has 1 amide bonds. The summed E-state index contributed by atoms with van der Waals surface area (Å²) < 4.78 is 33.3. The molecule has 2 aliphatic rings. The third-order valence-electron chi connectivity index (χ3n) is 6.89. The fourth-order valence-electron chi connectivity index (χ4n) is 4.83. The third-order valence-corrected chi connectivity index (χ3v) is 8.76. The largest absolute Gasteiger partial charge is 0.496 e. The number of carbonyl (C=O) groups is 1. The molecule has 0 aliphatic carbocycles. The standard InChI is InChI=1S/C27H35N3O4S/c1-22-20-25(12-13-26(22)34-2)35(32,33)30-15-7-11-24(21-30)27(31)29-18-16-28(17-19-29)14-6-10-23-8-4-3-5-9-23/h3-6,8-10,12-13,20,24H,7,11,14-19,21H2,1-2H3/b10-6+/t24-/m1/s1. The average Bonchev–Trinajstić information content (AvgIpc) is 2.89. The Bertz CT molecular complexity index is 1140. The number of ether oxygens (including phenoxy) is 1. The molecule has 2 fully saturated rings. The summed E-state index contributed by atoms with van der Waals surface area (Å²) in [6.07, 6.45) is 5.71. The van der Waals surface area contributed by atoms with Gasteiger partial charge in [-0.3, -0.25) is 9.69 Å². The summed E-state index contributed by atoms with van der Waals surface area (Å²) in [4.78, 5) is 17.8. The van der Waals surface area contributed by atoms with E-state index in [1.807, 2.05) is 30.0 Å². The van der Waals surface area contributed by atoms with Crippen molar-refractivity contribution in [1.82, 2.24) is 14.1 Å². The molecule has 0 radical (unpaired) electrons. The van der Waals surface area contributed by atoms with Crippen molar-refractivity contribution in [3.05, 3.63) is 65.7 Å². The lowest BCUT2D eigenvalue weighted by molar-refractivity contribution is -0.138. The molecular weight excluding hydrogens is 462 g/mol. The Labute approximate surface area is 209 Å². The van der Waals surface area contributed by atoms with Gasteiger partial charge in [-0.2, -0.15) is 4.31 Å². The quantitative estimate of drug-likeness (QED) is 0.587. The zero-order chi connectivity index (χ0) is 24.8. The number of carbonyl (C=O) groups excluding carboxylic acids is 1. The first kappa shape index (κ1) is 25.4. The highest BCUT2D eigenvalue weighted by atomic mass is 32.2. The monoisotopic (exact) mass is 497 g/mol. The number of piperazine rings is 1. The SMILES string of the molecule is COc1ccc(S(=O)(=O)N2CCC[C@@H](C(=O)N3CCN(C/C=C/c4ccccc4)CC3)C2)cc1C. The second-order valence-corrected chi connectivity index (χ2v) is 11.2. The minimum atomic E-state index is -3.66. The van der Waals surface area contributed by atoms with Gasteiger partial charge < -0.3 is 9.64 Å². The van der Waals surface area contributed by atoms with Crippen molar-refractivity contribution < 1.29 is 17.9 Å². The van der Waals surface area contributed by atoms with Crippen LogP contribution in [0.1, 0.15) is 24.0 Å². The number of rotatable bonds is 7. The van der Waals surface area contributed by atoms with Crippen LogP contribution in [0.4, 0.5) is 0 Å². The molecule has 0 unspecified atom stereocenters. The van der Waals surface area contributed by atoms with E-state index in [-0.39, 0.29) is 23.3 Å². The molecule has 4 rings (SSSR count). The minimum absolute atomic E-state index is 0.0790. The van der Waals surface area contributed by atoms with Crippen molar-refractivity contribution in [2.75, 3.05) is 52.9 Å². The molecule has 35 heavy (non-hydrogen) atoms. The molecule has 0 spiro atoms. The lowest BCUT2D eigenvalue weighted by Gasteiger charge is -2.38. The van der Waals surface area contributed by atoms with Gasteiger partial charge in [-0.05, 0) is 49.1 Å². The molecule has 2 aliphatic heterocycles. The van der Waals surface area contributed by atoms with E-state index in [9.17, 15) is 13.2 Å². The van der Waals surface area contributed by atoms with E-state index in [0.717, 1.165) is 31.6 Å². The molecule has 2 aromatic carbocycles. The maximum absolute atomic E-state index is 13.3. The van der Waals surface area contributed by atoms with Gasteiger partial charge in [0.1, 0.15) is 5.75 Å². The summed E-state index contributed by atoms with van der Waals surface area (Å²) >= 11 is 0. The number of methoxy groups -OCH3 is 1. The van der Waals surface area contributed by atoms with Crippen molar-refractivity contribution in [2.45, 2.75) is 24.7 Å². The number of hydrogen-bond acceptors (Lipinski definition) is 5. The van der Waals surface area contributed by atoms with Crippen LogP contribution in [0.3, 0.4) is 0 Å². The average molecular weight is 498 g/mol. The molecule has 7 nitrogen and oxygen atoms in total. The molecule has 0 N–H and O–H groups in total. The van der Waals surface area contributed by atoms with Crippen molar-refractivity contribution >= 4 is 22.0 Å². The van der Waals surface area contributed by atoms with Gasteiger partial charge in [0.15, 0.2) is 0 Å².